The van der Waals surface area contributed by atoms with E-state index in [4.69, 9.17) is 0 Å². The minimum atomic E-state index is -4.53. The Hall–Kier alpha value is -3.17. The Morgan fingerprint density at radius 2 is 1.93 bits per heavy atom. The second-order valence-corrected chi connectivity index (χ2v) is 7.65. The van der Waals surface area contributed by atoms with Gasteiger partial charge in [-0.05, 0) is 23.8 Å². The van der Waals surface area contributed by atoms with Gasteiger partial charge in [-0.15, -0.1) is 11.3 Å². The Bertz CT molecular complexity index is 1190. The Morgan fingerprint density at radius 3 is 2.63 bits per heavy atom. The predicted octanol–water partition coefficient (Wildman–Crippen LogP) is 4.77. The molecule has 0 aliphatic carbocycles. The number of rotatable bonds is 5. The summed E-state index contributed by atoms with van der Waals surface area (Å²) >= 11 is 1.07. The van der Waals surface area contributed by atoms with E-state index < -0.39 is 23.7 Å². The molecule has 0 bridgehead atoms. The molecule has 0 aliphatic rings. The Morgan fingerprint density at radius 1 is 1.17 bits per heavy atom. The van der Waals surface area contributed by atoms with Crippen LogP contribution in [0.4, 0.5) is 13.2 Å². The third-order valence-corrected chi connectivity index (χ3v) is 5.78. The van der Waals surface area contributed by atoms with E-state index in [-0.39, 0.29) is 17.6 Å². The van der Waals surface area contributed by atoms with Crippen LogP contribution in [0.3, 0.4) is 0 Å². The van der Waals surface area contributed by atoms with Crippen LogP contribution in [-0.2, 0) is 6.18 Å². The highest BCUT2D eigenvalue weighted by atomic mass is 32.1. The summed E-state index contributed by atoms with van der Waals surface area (Å²) in [6, 6.07) is 12.5. The molecular formula is C21H16F3N3O2S. The minimum absolute atomic E-state index is 0.0312. The summed E-state index contributed by atoms with van der Waals surface area (Å²) in [6.45, 7) is -0.281. The maximum atomic E-state index is 13.4. The molecule has 0 unspecified atom stereocenters. The van der Waals surface area contributed by atoms with Crippen molar-refractivity contribution >= 4 is 28.3 Å². The molecule has 1 aromatic carbocycles. The molecule has 1 amide bonds. The van der Waals surface area contributed by atoms with Crippen molar-refractivity contribution in [2.24, 2.45) is 0 Å². The highest BCUT2D eigenvalue weighted by Gasteiger charge is 2.34. The molecule has 0 aliphatic heterocycles. The first-order valence-corrected chi connectivity index (χ1v) is 9.80. The summed E-state index contributed by atoms with van der Waals surface area (Å²) in [5, 5.41) is 12.3. The zero-order valence-corrected chi connectivity index (χ0v) is 16.2. The maximum Gasteiger partial charge on any atom is 0.417 e. The van der Waals surface area contributed by atoms with Gasteiger partial charge in [0.15, 0.2) is 0 Å². The standard InChI is InChI=1S/C21H16F3N3O2S/c22-21(23,24)14-8-9-25-19-18(14)13(10-26-19)16-6-7-17(30-16)20(29)27-15(11-28)12-4-2-1-3-5-12/h1-10,15,28H,11H2,(H,25,26)(H,27,29)/t15-/m1/s1. The lowest BCUT2D eigenvalue weighted by Gasteiger charge is -2.16. The lowest BCUT2D eigenvalue weighted by molar-refractivity contribution is -0.136. The van der Waals surface area contributed by atoms with E-state index in [9.17, 15) is 23.1 Å². The van der Waals surface area contributed by atoms with Gasteiger partial charge in [0.2, 0.25) is 0 Å². The summed E-state index contributed by atoms with van der Waals surface area (Å²) in [4.78, 5) is 20.2. The average molecular weight is 431 g/mol. The Kier molecular flexibility index (Phi) is 5.31. The average Bonchev–Trinajstić information content (AvgIpc) is 3.38. The van der Waals surface area contributed by atoms with E-state index in [1.165, 1.54) is 6.20 Å². The maximum absolute atomic E-state index is 13.4. The molecule has 4 aromatic rings. The number of thiophene rings is 1. The summed E-state index contributed by atoms with van der Waals surface area (Å²) in [7, 11) is 0. The number of aliphatic hydroxyl groups is 1. The molecule has 0 spiro atoms. The fourth-order valence-electron chi connectivity index (χ4n) is 3.24. The number of carbonyl (C=O) groups excluding carboxylic acids is 1. The number of nitrogens with zero attached hydrogens (tertiary/aromatic N) is 1. The fraction of sp³-hybridized carbons (Fsp3) is 0.143. The number of aromatic amines is 1. The normalized spacial score (nSPS) is 12.8. The number of nitrogens with one attached hydrogen (secondary N) is 2. The fourth-order valence-corrected chi connectivity index (χ4v) is 4.17. The van der Waals surface area contributed by atoms with Crippen LogP contribution in [0.25, 0.3) is 21.5 Å². The van der Waals surface area contributed by atoms with Crippen molar-refractivity contribution in [1.29, 1.82) is 0 Å². The van der Waals surface area contributed by atoms with Crippen LogP contribution in [-0.4, -0.2) is 27.6 Å². The largest absolute Gasteiger partial charge is 0.417 e. The van der Waals surface area contributed by atoms with Crippen LogP contribution < -0.4 is 5.32 Å². The van der Waals surface area contributed by atoms with Crippen molar-refractivity contribution < 1.29 is 23.1 Å². The molecule has 3 N–H and O–H groups in total. The topological polar surface area (TPSA) is 78.0 Å². The van der Waals surface area contributed by atoms with Gasteiger partial charge in [0.1, 0.15) is 5.65 Å². The number of hydrogen-bond donors (Lipinski definition) is 3. The van der Waals surface area contributed by atoms with Crippen molar-refractivity contribution in [1.82, 2.24) is 15.3 Å². The molecule has 154 valence electrons. The van der Waals surface area contributed by atoms with E-state index >= 15 is 0 Å². The zero-order chi connectivity index (χ0) is 21.3. The molecule has 1 atom stereocenters. The first kappa shape index (κ1) is 20.1. The molecule has 9 heteroatoms. The second-order valence-electron chi connectivity index (χ2n) is 6.57. The molecule has 3 aromatic heterocycles. The molecule has 0 saturated carbocycles. The predicted molar refractivity (Wildman–Crippen MR) is 108 cm³/mol. The van der Waals surface area contributed by atoms with E-state index in [1.807, 2.05) is 6.07 Å². The summed E-state index contributed by atoms with van der Waals surface area (Å²) < 4.78 is 40.3. The second kappa shape index (κ2) is 7.92. The number of alkyl halides is 3. The number of H-pyrrole nitrogens is 1. The van der Waals surface area contributed by atoms with Gasteiger partial charge in [-0.25, -0.2) is 4.98 Å². The number of benzene rings is 1. The number of halogens is 3. The van der Waals surface area contributed by atoms with Gasteiger partial charge < -0.3 is 15.4 Å². The monoisotopic (exact) mass is 431 g/mol. The number of carbonyl (C=O) groups is 1. The molecule has 5 nitrogen and oxygen atoms in total. The van der Waals surface area contributed by atoms with E-state index in [2.05, 4.69) is 15.3 Å². The van der Waals surface area contributed by atoms with Crippen LogP contribution in [0.15, 0.2) is 60.9 Å². The number of amides is 1. The smallest absolute Gasteiger partial charge is 0.394 e. The lowest BCUT2D eigenvalue weighted by atomic mass is 10.1. The number of hydrogen-bond acceptors (Lipinski definition) is 4. The molecule has 3 heterocycles. The molecule has 4 rings (SSSR count). The van der Waals surface area contributed by atoms with Crippen molar-refractivity contribution in [2.75, 3.05) is 6.61 Å². The van der Waals surface area contributed by atoms with Crippen LogP contribution >= 0.6 is 11.3 Å². The zero-order valence-electron chi connectivity index (χ0n) is 15.4. The van der Waals surface area contributed by atoms with Crippen molar-refractivity contribution in [3.05, 3.63) is 76.9 Å². The minimum Gasteiger partial charge on any atom is -0.394 e. The van der Waals surface area contributed by atoms with Gasteiger partial charge in [0.05, 0.1) is 23.1 Å². The van der Waals surface area contributed by atoms with Gasteiger partial charge in [0.25, 0.3) is 5.91 Å². The van der Waals surface area contributed by atoms with Crippen molar-refractivity contribution in [3.63, 3.8) is 0 Å². The van der Waals surface area contributed by atoms with Crippen LogP contribution in [0, 0.1) is 0 Å². The van der Waals surface area contributed by atoms with Gasteiger partial charge in [-0.3, -0.25) is 4.79 Å². The van der Waals surface area contributed by atoms with Gasteiger partial charge >= 0.3 is 6.18 Å². The summed E-state index contributed by atoms with van der Waals surface area (Å²) in [6.07, 6.45) is -1.96. The van der Waals surface area contributed by atoms with Crippen LogP contribution in [0.5, 0.6) is 0 Å². The number of aliphatic hydroxyl groups excluding tert-OH is 1. The molecule has 0 fully saturated rings. The first-order valence-electron chi connectivity index (χ1n) is 8.98. The van der Waals surface area contributed by atoms with Crippen molar-refractivity contribution in [2.45, 2.75) is 12.2 Å². The number of fused-ring (bicyclic) bond motifs is 1. The molecule has 30 heavy (non-hydrogen) atoms. The number of aromatic nitrogens is 2. The molecular weight excluding hydrogens is 415 g/mol. The van der Waals surface area contributed by atoms with E-state index in [0.29, 0.717) is 15.3 Å². The molecule has 0 radical (unpaired) electrons. The lowest BCUT2D eigenvalue weighted by Crippen LogP contribution is -2.30. The molecule has 0 saturated heterocycles. The highest BCUT2D eigenvalue weighted by molar-refractivity contribution is 7.17. The highest BCUT2D eigenvalue weighted by Crippen LogP contribution is 2.40. The van der Waals surface area contributed by atoms with E-state index in [1.54, 1.807) is 36.4 Å². The third kappa shape index (κ3) is 3.81. The van der Waals surface area contributed by atoms with Crippen molar-refractivity contribution in [3.8, 4) is 10.4 Å². The quantitative estimate of drug-likeness (QED) is 0.426. The summed E-state index contributed by atoms with van der Waals surface area (Å²) in [5.41, 5.74) is 0.426. The Balaban J connectivity index is 1.64. The van der Waals surface area contributed by atoms with Gasteiger partial charge in [0, 0.05) is 28.2 Å². The van der Waals surface area contributed by atoms with Crippen LogP contribution in [0.1, 0.15) is 26.8 Å². The third-order valence-electron chi connectivity index (χ3n) is 4.66. The summed E-state index contributed by atoms with van der Waals surface area (Å²) in [5.74, 6) is -0.414. The van der Waals surface area contributed by atoms with Crippen LogP contribution in [0.2, 0.25) is 0 Å². The van der Waals surface area contributed by atoms with Gasteiger partial charge in [-0.1, -0.05) is 30.3 Å². The first-order chi connectivity index (χ1) is 14.4. The SMILES string of the molecule is O=C(N[C@H](CO)c1ccccc1)c1ccc(-c2c[nH]c3nccc(C(F)(F)F)c23)s1. The number of pyridine rings is 1. The Labute approximate surface area is 173 Å². The van der Waals surface area contributed by atoms with Gasteiger partial charge in [-0.2, -0.15) is 13.2 Å². The van der Waals surface area contributed by atoms with E-state index in [0.717, 1.165) is 29.2 Å².